The summed E-state index contributed by atoms with van der Waals surface area (Å²) in [5, 5.41) is 0. The molecule has 1 atom stereocenters. The van der Waals surface area contributed by atoms with Gasteiger partial charge in [0.15, 0.2) is 5.58 Å². The maximum absolute atomic E-state index is 12.9. The highest BCUT2D eigenvalue weighted by Gasteiger charge is 2.27. The van der Waals surface area contributed by atoms with Gasteiger partial charge >= 0.3 is 5.76 Å². The minimum absolute atomic E-state index is 0.0387. The number of hydrogen-bond donors (Lipinski definition) is 0. The van der Waals surface area contributed by atoms with E-state index in [0.29, 0.717) is 12.1 Å². The third kappa shape index (κ3) is 2.76. The number of hydrogen-bond acceptors (Lipinski definition) is 3. The maximum atomic E-state index is 12.9. The minimum atomic E-state index is -0.416. The summed E-state index contributed by atoms with van der Waals surface area (Å²) in [6.45, 7) is 2.40. The monoisotopic (exact) mass is 336 g/mol. The number of aromatic nitrogens is 1. The Bertz CT molecular complexity index is 986. The Morgan fingerprint density at radius 1 is 1.16 bits per heavy atom. The van der Waals surface area contributed by atoms with Crippen LogP contribution in [0.4, 0.5) is 5.69 Å². The molecule has 0 N–H and O–H groups in total. The zero-order valence-corrected chi connectivity index (χ0v) is 14.1. The average molecular weight is 336 g/mol. The Morgan fingerprint density at radius 2 is 1.92 bits per heavy atom. The fourth-order valence-corrected chi connectivity index (χ4v) is 3.62. The number of rotatable bonds is 3. The fraction of sp³-hybridized carbons (Fsp3) is 0.300. The van der Waals surface area contributed by atoms with Crippen LogP contribution >= 0.6 is 0 Å². The second-order valence-electron chi connectivity index (χ2n) is 6.52. The van der Waals surface area contributed by atoms with Crippen LogP contribution < -0.4 is 10.7 Å². The lowest BCUT2D eigenvalue weighted by Gasteiger charge is -2.35. The molecule has 5 heteroatoms. The smallest absolute Gasteiger partial charge is 0.408 e. The van der Waals surface area contributed by atoms with Gasteiger partial charge in [0.2, 0.25) is 5.91 Å². The number of carbonyl (C=O) groups is 1. The van der Waals surface area contributed by atoms with E-state index < -0.39 is 5.76 Å². The molecule has 128 valence electrons. The van der Waals surface area contributed by atoms with Crippen molar-refractivity contribution < 1.29 is 9.21 Å². The van der Waals surface area contributed by atoms with Crippen LogP contribution in [0.15, 0.2) is 57.7 Å². The predicted octanol–water partition coefficient (Wildman–Crippen LogP) is 3.35. The quantitative estimate of drug-likeness (QED) is 0.737. The first-order valence-corrected chi connectivity index (χ1v) is 8.63. The van der Waals surface area contributed by atoms with E-state index in [2.05, 4.69) is 13.0 Å². The van der Waals surface area contributed by atoms with Gasteiger partial charge in [0.05, 0.1) is 5.52 Å². The van der Waals surface area contributed by atoms with Crippen LogP contribution in [-0.2, 0) is 17.8 Å². The summed E-state index contributed by atoms with van der Waals surface area (Å²) >= 11 is 0. The van der Waals surface area contributed by atoms with Gasteiger partial charge in [0, 0.05) is 24.7 Å². The molecule has 0 fully saturated rings. The first-order chi connectivity index (χ1) is 12.1. The lowest BCUT2D eigenvalue weighted by Crippen LogP contribution is -2.42. The molecule has 1 amide bonds. The summed E-state index contributed by atoms with van der Waals surface area (Å²) < 4.78 is 6.77. The highest BCUT2D eigenvalue weighted by atomic mass is 16.4. The summed E-state index contributed by atoms with van der Waals surface area (Å²) in [6, 6.07) is 15.5. The van der Waals surface area contributed by atoms with Gasteiger partial charge in [0.25, 0.3) is 0 Å². The molecule has 2 aromatic carbocycles. The van der Waals surface area contributed by atoms with E-state index in [1.807, 2.05) is 41.3 Å². The van der Waals surface area contributed by atoms with Crippen molar-refractivity contribution in [2.75, 3.05) is 4.90 Å². The Labute approximate surface area is 145 Å². The van der Waals surface area contributed by atoms with Crippen molar-refractivity contribution in [1.82, 2.24) is 4.57 Å². The second kappa shape index (κ2) is 6.24. The number of anilines is 1. The predicted molar refractivity (Wildman–Crippen MR) is 96.8 cm³/mol. The zero-order chi connectivity index (χ0) is 17.4. The van der Waals surface area contributed by atoms with E-state index in [-0.39, 0.29) is 18.4 Å². The number of para-hydroxylation sites is 3. The van der Waals surface area contributed by atoms with Crippen molar-refractivity contribution in [3.63, 3.8) is 0 Å². The summed E-state index contributed by atoms with van der Waals surface area (Å²) in [5.41, 5.74) is 3.49. The maximum Gasteiger partial charge on any atom is 0.419 e. The van der Waals surface area contributed by atoms with Crippen LogP contribution in [-0.4, -0.2) is 16.5 Å². The van der Waals surface area contributed by atoms with Crippen LogP contribution in [0, 0.1) is 0 Å². The molecule has 1 aliphatic rings. The van der Waals surface area contributed by atoms with Crippen molar-refractivity contribution in [2.45, 2.75) is 38.8 Å². The van der Waals surface area contributed by atoms with Gasteiger partial charge in [-0.1, -0.05) is 30.3 Å². The van der Waals surface area contributed by atoms with E-state index >= 15 is 0 Å². The van der Waals surface area contributed by atoms with E-state index in [1.165, 1.54) is 10.1 Å². The molecule has 0 saturated carbocycles. The molecule has 25 heavy (non-hydrogen) atoms. The Balaban J connectivity index is 1.58. The van der Waals surface area contributed by atoms with Crippen LogP contribution in [0.5, 0.6) is 0 Å². The topological polar surface area (TPSA) is 55.5 Å². The van der Waals surface area contributed by atoms with Gasteiger partial charge in [-0.25, -0.2) is 4.79 Å². The molecule has 3 aromatic rings. The van der Waals surface area contributed by atoms with Crippen LogP contribution in [0.1, 0.15) is 25.3 Å². The molecule has 4 rings (SSSR count). The molecule has 0 saturated heterocycles. The number of carbonyl (C=O) groups excluding carboxylic acids is 1. The molecule has 0 bridgehead atoms. The van der Waals surface area contributed by atoms with Crippen molar-refractivity contribution >= 4 is 22.7 Å². The van der Waals surface area contributed by atoms with Crippen molar-refractivity contribution in [1.29, 1.82) is 0 Å². The van der Waals surface area contributed by atoms with Gasteiger partial charge < -0.3 is 9.32 Å². The highest BCUT2D eigenvalue weighted by molar-refractivity contribution is 5.95. The standard InChI is InChI=1S/C20H20N2O3/c1-14-10-11-15-6-2-3-7-16(15)22(14)19(23)12-13-21-17-8-4-5-9-18(17)25-20(21)24/h2-9,14H,10-13H2,1H3/t14-/m0/s1. The van der Waals surface area contributed by atoms with Crippen molar-refractivity contribution in [3.05, 3.63) is 64.6 Å². The third-order valence-electron chi connectivity index (χ3n) is 4.92. The number of aryl methyl sites for hydroxylation is 2. The molecular weight excluding hydrogens is 316 g/mol. The third-order valence-corrected chi connectivity index (χ3v) is 4.92. The molecule has 0 spiro atoms. The first-order valence-electron chi connectivity index (χ1n) is 8.63. The molecule has 1 aliphatic heterocycles. The average Bonchev–Trinajstić information content (AvgIpc) is 2.94. The molecule has 5 nitrogen and oxygen atoms in total. The summed E-state index contributed by atoms with van der Waals surface area (Å²) in [5.74, 6) is -0.377. The summed E-state index contributed by atoms with van der Waals surface area (Å²) in [4.78, 5) is 26.8. The van der Waals surface area contributed by atoms with Gasteiger partial charge in [-0.05, 0) is 43.5 Å². The molecule has 1 aromatic heterocycles. The van der Waals surface area contributed by atoms with Crippen molar-refractivity contribution in [2.24, 2.45) is 0 Å². The lowest BCUT2D eigenvalue weighted by molar-refractivity contribution is -0.119. The van der Waals surface area contributed by atoms with E-state index in [9.17, 15) is 9.59 Å². The summed E-state index contributed by atoms with van der Waals surface area (Å²) in [7, 11) is 0. The summed E-state index contributed by atoms with van der Waals surface area (Å²) in [6.07, 6.45) is 2.21. The number of oxazole rings is 1. The Kier molecular flexibility index (Phi) is 3.92. The largest absolute Gasteiger partial charge is 0.419 e. The highest BCUT2D eigenvalue weighted by Crippen LogP contribution is 2.31. The number of benzene rings is 2. The van der Waals surface area contributed by atoms with Crippen LogP contribution in [0.25, 0.3) is 11.1 Å². The minimum Gasteiger partial charge on any atom is -0.408 e. The van der Waals surface area contributed by atoms with Gasteiger partial charge in [0.1, 0.15) is 0 Å². The van der Waals surface area contributed by atoms with Crippen molar-refractivity contribution in [3.8, 4) is 0 Å². The van der Waals surface area contributed by atoms with E-state index in [4.69, 9.17) is 4.42 Å². The molecular formula is C20H20N2O3. The van der Waals surface area contributed by atoms with Gasteiger partial charge in [-0.15, -0.1) is 0 Å². The number of nitrogens with zero attached hydrogens (tertiary/aromatic N) is 2. The number of fused-ring (bicyclic) bond motifs is 2. The van der Waals surface area contributed by atoms with E-state index in [1.54, 1.807) is 6.07 Å². The lowest BCUT2D eigenvalue weighted by atomic mass is 9.96. The molecule has 0 aliphatic carbocycles. The molecule has 0 radical (unpaired) electrons. The van der Waals surface area contributed by atoms with E-state index in [0.717, 1.165) is 24.0 Å². The van der Waals surface area contributed by atoms with Crippen LogP contribution in [0.2, 0.25) is 0 Å². The first kappa shape index (κ1) is 15.7. The second-order valence-corrected chi connectivity index (χ2v) is 6.52. The molecule has 0 unspecified atom stereocenters. The Morgan fingerprint density at radius 3 is 2.80 bits per heavy atom. The Hall–Kier alpha value is -2.82. The SMILES string of the molecule is C[C@H]1CCc2ccccc2N1C(=O)CCn1c(=O)oc2ccccc21. The zero-order valence-electron chi connectivity index (χ0n) is 14.1. The molecule has 2 heterocycles. The normalized spacial score (nSPS) is 16.8. The van der Waals surface area contributed by atoms with Crippen LogP contribution in [0.3, 0.4) is 0 Å². The van der Waals surface area contributed by atoms with Gasteiger partial charge in [-0.3, -0.25) is 9.36 Å². The fourth-order valence-electron chi connectivity index (χ4n) is 3.62. The van der Waals surface area contributed by atoms with Gasteiger partial charge in [-0.2, -0.15) is 0 Å². The number of amides is 1.